The normalized spacial score (nSPS) is 14.4. The minimum atomic E-state index is -0.0992. The first-order valence-corrected chi connectivity index (χ1v) is 19.9. The molecule has 0 atom stereocenters. The second-order valence-corrected chi connectivity index (χ2v) is 16.9. The van der Waals surface area contributed by atoms with Crippen LogP contribution in [-0.4, -0.2) is 0 Å². The lowest BCUT2D eigenvalue weighted by Gasteiger charge is -2.24. The van der Waals surface area contributed by atoms with E-state index in [1.54, 1.807) is 0 Å². The van der Waals surface area contributed by atoms with E-state index < -0.39 is 0 Å². The average molecular weight is 715 g/mol. The lowest BCUT2D eigenvalue weighted by molar-refractivity contribution is 0.660. The highest BCUT2D eigenvalue weighted by Crippen LogP contribution is 2.54. The van der Waals surface area contributed by atoms with E-state index in [-0.39, 0.29) is 10.8 Å². The van der Waals surface area contributed by atoms with Crippen molar-refractivity contribution < 1.29 is 0 Å². The Bertz CT molecular complexity index is 2840. The summed E-state index contributed by atoms with van der Waals surface area (Å²) in [5.74, 6) is 0. The van der Waals surface area contributed by atoms with Crippen LogP contribution in [0.1, 0.15) is 49.9 Å². The van der Waals surface area contributed by atoms with Crippen molar-refractivity contribution >= 4 is 21.5 Å². The molecule has 266 valence electrons. The Balaban J connectivity index is 1.25. The predicted molar refractivity (Wildman–Crippen MR) is 238 cm³/mol. The first kappa shape index (κ1) is 32.9. The minimum Gasteiger partial charge on any atom is -0.0622 e. The predicted octanol–water partition coefficient (Wildman–Crippen LogP) is 15.3. The summed E-state index contributed by atoms with van der Waals surface area (Å²) in [6, 6.07) is 68.4. The Kier molecular flexibility index (Phi) is 7.05. The molecule has 0 amide bonds. The number of hydrogen-bond donors (Lipinski definition) is 0. The molecule has 0 spiro atoms. The van der Waals surface area contributed by atoms with Crippen molar-refractivity contribution in [2.24, 2.45) is 0 Å². The molecule has 9 aromatic carbocycles. The van der Waals surface area contributed by atoms with Gasteiger partial charge >= 0.3 is 0 Å². The molecular formula is C56H42. The van der Waals surface area contributed by atoms with Gasteiger partial charge in [-0.25, -0.2) is 0 Å². The first-order valence-electron chi connectivity index (χ1n) is 19.9. The van der Waals surface area contributed by atoms with Gasteiger partial charge in [0.25, 0.3) is 0 Å². The van der Waals surface area contributed by atoms with Gasteiger partial charge < -0.3 is 0 Å². The molecule has 56 heavy (non-hydrogen) atoms. The fourth-order valence-corrected chi connectivity index (χ4v) is 10.2. The topological polar surface area (TPSA) is 0 Å². The van der Waals surface area contributed by atoms with Gasteiger partial charge in [0.15, 0.2) is 0 Å². The van der Waals surface area contributed by atoms with Crippen molar-refractivity contribution in [3.63, 3.8) is 0 Å². The van der Waals surface area contributed by atoms with Crippen LogP contribution in [-0.2, 0) is 10.8 Å². The van der Waals surface area contributed by atoms with E-state index in [9.17, 15) is 0 Å². The summed E-state index contributed by atoms with van der Waals surface area (Å²) in [4.78, 5) is 0. The van der Waals surface area contributed by atoms with Crippen molar-refractivity contribution in [2.45, 2.75) is 38.5 Å². The van der Waals surface area contributed by atoms with Crippen LogP contribution in [0.15, 0.2) is 182 Å². The third kappa shape index (κ3) is 4.72. The molecule has 0 aliphatic heterocycles. The SMILES string of the molecule is CC1(C)c2ccccc2-c2ccc(-c3c4ccc(-c5ccccc5)cc4c(-c4ccc5c(c4)C(C)(C)c4ccccc4-5)c4ccc(-c5ccccc5)cc34)cc21. The number of rotatable bonds is 4. The van der Waals surface area contributed by atoms with Crippen LogP contribution in [0.5, 0.6) is 0 Å². The van der Waals surface area contributed by atoms with Gasteiger partial charge in [0.1, 0.15) is 0 Å². The number of benzene rings is 9. The Morgan fingerprint density at radius 1 is 0.250 bits per heavy atom. The molecule has 0 heteroatoms. The molecular weight excluding hydrogens is 673 g/mol. The van der Waals surface area contributed by atoms with E-state index in [0.29, 0.717) is 0 Å². The highest BCUT2D eigenvalue weighted by atomic mass is 14.4. The summed E-state index contributed by atoms with van der Waals surface area (Å²) in [6.07, 6.45) is 0. The standard InChI is InChI=1S/C56H42/c1-55(2)49-21-13-11-19-41(49)43-27-25-39(33-51(43)55)53-45-29-23-38(36-17-9-6-10-18-36)32-48(45)54(46-30-24-37(31-47(46)53)35-15-7-5-8-16-35)40-26-28-44-42-20-12-14-22-50(42)56(3,4)52(44)34-40/h5-34H,1-4H3. The van der Waals surface area contributed by atoms with Gasteiger partial charge in [-0.1, -0.05) is 185 Å². The Labute approximate surface area is 329 Å². The van der Waals surface area contributed by atoms with Gasteiger partial charge in [-0.3, -0.25) is 0 Å². The van der Waals surface area contributed by atoms with Crippen molar-refractivity contribution in [2.75, 3.05) is 0 Å². The van der Waals surface area contributed by atoms with Crippen molar-refractivity contribution in [1.82, 2.24) is 0 Å². The molecule has 0 nitrogen and oxygen atoms in total. The van der Waals surface area contributed by atoms with E-state index in [1.807, 2.05) is 0 Å². The second-order valence-electron chi connectivity index (χ2n) is 16.9. The van der Waals surface area contributed by atoms with E-state index >= 15 is 0 Å². The molecule has 0 radical (unpaired) electrons. The maximum absolute atomic E-state index is 2.50. The highest BCUT2D eigenvalue weighted by molar-refractivity contribution is 6.22. The second kappa shape index (κ2) is 12.0. The third-order valence-electron chi connectivity index (χ3n) is 13.1. The minimum absolute atomic E-state index is 0.0992. The molecule has 0 aromatic heterocycles. The summed E-state index contributed by atoms with van der Waals surface area (Å²) >= 11 is 0. The summed E-state index contributed by atoms with van der Waals surface area (Å²) < 4.78 is 0. The van der Waals surface area contributed by atoms with Crippen LogP contribution in [0.4, 0.5) is 0 Å². The fraction of sp³-hybridized carbons (Fsp3) is 0.107. The maximum Gasteiger partial charge on any atom is 0.0159 e. The van der Waals surface area contributed by atoms with E-state index in [1.165, 1.54) is 111 Å². The summed E-state index contributed by atoms with van der Waals surface area (Å²) in [7, 11) is 0. The smallest absolute Gasteiger partial charge is 0.0159 e. The summed E-state index contributed by atoms with van der Waals surface area (Å²) in [5, 5.41) is 5.10. The van der Waals surface area contributed by atoms with Gasteiger partial charge in [0.2, 0.25) is 0 Å². The van der Waals surface area contributed by atoms with Gasteiger partial charge in [0, 0.05) is 10.8 Å². The Morgan fingerprint density at radius 3 is 1.04 bits per heavy atom. The molecule has 11 rings (SSSR count). The molecule has 0 heterocycles. The maximum atomic E-state index is 2.50. The zero-order valence-electron chi connectivity index (χ0n) is 32.3. The molecule has 0 unspecified atom stereocenters. The third-order valence-corrected chi connectivity index (χ3v) is 13.1. The lowest BCUT2D eigenvalue weighted by Crippen LogP contribution is -2.15. The molecule has 0 bridgehead atoms. The van der Waals surface area contributed by atoms with Crippen LogP contribution in [0.25, 0.3) is 88.3 Å². The number of fused-ring (bicyclic) bond motifs is 8. The molecule has 0 saturated carbocycles. The van der Waals surface area contributed by atoms with Crippen LogP contribution in [0, 0.1) is 0 Å². The van der Waals surface area contributed by atoms with Gasteiger partial charge in [0.05, 0.1) is 0 Å². The van der Waals surface area contributed by atoms with Crippen LogP contribution >= 0.6 is 0 Å². The zero-order chi connectivity index (χ0) is 37.8. The van der Waals surface area contributed by atoms with Gasteiger partial charge in [-0.2, -0.15) is 0 Å². The van der Waals surface area contributed by atoms with E-state index in [4.69, 9.17) is 0 Å². The zero-order valence-corrected chi connectivity index (χ0v) is 32.3. The molecule has 9 aromatic rings. The largest absolute Gasteiger partial charge is 0.0622 e. The molecule has 2 aliphatic rings. The van der Waals surface area contributed by atoms with Crippen LogP contribution in [0.3, 0.4) is 0 Å². The summed E-state index contributed by atoms with van der Waals surface area (Å²) in [5.41, 5.74) is 20.8. The van der Waals surface area contributed by atoms with Crippen molar-refractivity contribution in [3.05, 3.63) is 204 Å². The monoisotopic (exact) mass is 714 g/mol. The van der Waals surface area contributed by atoms with E-state index in [0.717, 1.165) is 0 Å². The summed E-state index contributed by atoms with van der Waals surface area (Å²) in [6.45, 7) is 9.53. The first-order chi connectivity index (χ1) is 27.3. The Hall–Kier alpha value is -6.50. The molecule has 0 N–H and O–H groups in total. The average Bonchev–Trinajstić information content (AvgIpc) is 3.62. The van der Waals surface area contributed by atoms with Gasteiger partial charge in [-0.15, -0.1) is 0 Å². The highest BCUT2D eigenvalue weighted by Gasteiger charge is 2.37. The molecule has 0 saturated heterocycles. The molecule has 2 aliphatic carbocycles. The molecule has 0 fully saturated rings. The van der Waals surface area contributed by atoms with E-state index in [2.05, 4.69) is 210 Å². The van der Waals surface area contributed by atoms with Gasteiger partial charge in [-0.05, 0) is 135 Å². The fourth-order valence-electron chi connectivity index (χ4n) is 10.2. The van der Waals surface area contributed by atoms with Crippen LogP contribution < -0.4 is 0 Å². The Morgan fingerprint density at radius 2 is 0.607 bits per heavy atom. The van der Waals surface area contributed by atoms with Crippen LogP contribution in [0.2, 0.25) is 0 Å². The number of hydrogen-bond acceptors (Lipinski definition) is 0. The van der Waals surface area contributed by atoms with Crippen molar-refractivity contribution in [1.29, 1.82) is 0 Å². The quantitative estimate of drug-likeness (QED) is 0.159. The van der Waals surface area contributed by atoms with Crippen molar-refractivity contribution in [3.8, 4) is 66.8 Å². The lowest BCUT2D eigenvalue weighted by atomic mass is 9.79.